The Morgan fingerprint density at radius 2 is 1.84 bits per heavy atom. The normalized spacial score (nSPS) is 12.0. The third kappa shape index (κ3) is 6.27. The smallest absolute Gasteiger partial charge is 0.335 e. The minimum atomic E-state index is -4.10. The number of amides is 1. The number of carbonyl (C=O) groups excluding carboxylic acids is 1. The van der Waals surface area contributed by atoms with Gasteiger partial charge in [0.05, 0.1) is 16.7 Å². The largest absolute Gasteiger partial charge is 0.490 e. The first-order valence-corrected chi connectivity index (χ1v) is 11.1. The zero-order valence-electron chi connectivity index (χ0n) is 16.4. The zero-order chi connectivity index (χ0) is 23.1. The van der Waals surface area contributed by atoms with Crippen molar-refractivity contribution in [1.29, 1.82) is 0 Å². The summed E-state index contributed by atoms with van der Waals surface area (Å²) in [5, 5.41) is 12.0. The molecule has 0 spiro atoms. The van der Waals surface area contributed by atoms with Crippen LogP contribution < -0.4 is 14.8 Å². The maximum Gasteiger partial charge on any atom is 0.335 e. The summed E-state index contributed by atoms with van der Waals surface area (Å²) in [5.41, 5.74) is 0.152. The van der Waals surface area contributed by atoms with E-state index in [1.807, 2.05) is 0 Å². The number of carboxylic acid groups (broad SMARTS) is 1. The number of hydrogen-bond acceptors (Lipinski definition) is 6. The Labute approximate surface area is 189 Å². The fourth-order valence-corrected chi connectivity index (χ4v) is 3.91. The summed E-state index contributed by atoms with van der Waals surface area (Å²) in [6.45, 7) is -0.344. The van der Waals surface area contributed by atoms with Gasteiger partial charge < -0.3 is 15.2 Å². The van der Waals surface area contributed by atoms with E-state index >= 15 is 0 Å². The lowest BCUT2D eigenvalue weighted by molar-refractivity contribution is -0.118. The SMILES string of the molecule is O=C(O)c1cccc(NC(=O)[C@H](COc2cccnc2)NS(=O)(=O)c2ccc(Cl)cc2)c1. The van der Waals surface area contributed by atoms with Crippen molar-refractivity contribution in [3.63, 3.8) is 0 Å². The molecule has 32 heavy (non-hydrogen) atoms. The van der Waals surface area contributed by atoms with Crippen molar-refractivity contribution in [2.75, 3.05) is 11.9 Å². The molecule has 0 aliphatic rings. The highest BCUT2D eigenvalue weighted by atomic mass is 35.5. The van der Waals surface area contributed by atoms with Crippen LogP contribution in [0.2, 0.25) is 5.02 Å². The van der Waals surface area contributed by atoms with Crippen LogP contribution in [0.4, 0.5) is 5.69 Å². The molecule has 9 nitrogen and oxygen atoms in total. The highest BCUT2D eigenvalue weighted by Gasteiger charge is 2.27. The van der Waals surface area contributed by atoms with Crippen LogP contribution >= 0.6 is 11.6 Å². The first-order valence-electron chi connectivity index (χ1n) is 9.19. The van der Waals surface area contributed by atoms with E-state index < -0.39 is 27.9 Å². The Hall–Kier alpha value is -3.47. The lowest BCUT2D eigenvalue weighted by Crippen LogP contribution is -2.47. The minimum Gasteiger partial charge on any atom is -0.490 e. The molecule has 0 fully saturated rings. The van der Waals surface area contributed by atoms with Crippen molar-refractivity contribution >= 4 is 39.2 Å². The van der Waals surface area contributed by atoms with E-state index in [-0.39, 0.29) is 22.8 Å². The highest BCUT2D eigenvalue weighted by Crippen LogP contribution is 2.16. The molecule has 3 rings (SSSR count). The second-order valence-electron chi connectivity index (χ2n) is 6.50. The lowest BCUT2D eigenvalue weighted by atomic mass is 10.2. The van der Waals surface area contributed by atoms with Crippen LogP contribution in [0.15, 0.2) is 78.0 Å². The maximum atomic E-state index is 12.9. The van der Waals surface area contributed by atoms with Crippen LogP contribution in [0.5, 0.6) is 5.75 Å². The Balaban J connectivity index is 1.82. The molecular weight excluding hydrogens is 458 g/mol. The van der Waals surface area contributed by atoms with Crippen molar-refractivity contribution in [3.8, 4) is 5.75 Å². The number of aromatic carboxylic acids is 1. The fraction of sp³-hybridized carbons (Fsp3) is 0.0952. The van der Waals surface area contributed by atoms with Crippen LogP contribution in [0, 0.1) is 0 Å². The Morgan fingerprint density at radius 3 is 2.50 bits per heavy atom. The van der Waals surface area contributed by atoms with Gasteiger partial charge in [0.25, 0.3) is 0 Å². The first kappa shape index (κ1) is 23.2. The van der Waals surface area contributed by atoms with Gasteiger partial charge in [-0.3, -0.25) is 9.78 Å². The summed E-state index contributed by atoms with van der Waals surface area (Å²) in [5.74, 6) is -1.57. The van der Waals surface area contributed by atoms with Crippen LogP contribution in [0.1, 0.15) is 10.4 Å². The van der Waals surface area contributed by atoms with Crippen molar-refractivity contribution in [2.45, 2.75) is 10.9 Å². The molecular formula is C21H18ClN3O6S. The quantitative estimate of drug-likeness (QED) is 0.433. The van der Waals surface area contributed by atoms with Gasteiger partial charge in [-0.15, -0.1) is 0 Å². The average molecular weight is 476 g/mol. The molecule has 2 aromatic carbocycles. The highest BCUT2D eigenvalue weighted by molar-refractivity contribution is 7.89. The number of hydrogen-bond donors (Lipinski definition) is 3. The second kappa shape index (κ2) is 10.2. The van der Waals surface area contributed by atoms with Crippen molar-refractivity contribution < 1.29 is 27.9 Å². The van der Waals surface area contributed by atoms with Crippen LogP contribution in [-0.4, -0.2) is 43.0 Å². The molecule has 0 aliphatic carbocycles. The molecule has 0 saturated carbocycles. The van der Waals surface area contributed by atoms with Gasteiger partial charge in [-0.1, -0.05) is 17.7 Å². The predicted molar refractivity (Wildman–Crippen MR) is 117 cm³/mol. The maximum absolute atomic E-state index is 12.9. The van der Waals surface area contributed by atoms with Gasteiger partial charge in [0.2, 0.25) is 15.9 Å². The van der Waals surface area contributed by atoms with E-state index in [0.29, 0.717) is 10.8 Å². The van der Waals surface area contributed by atoms with Crippen molar-refractivity contribution in [3.05, 3.63) is 83.6 Å². The summed E-state index contributed by atoms with van der Waals surface area (Å²) in [6, 6.07) is 12.9. The summed E-state index contributed by atoms with van der Waals surface area (Å²) >= 11 is 5.81. The summed E-state index contributed by atoms with van der Waals surface area (Å²) < 4.78 is 33.4. The molecule has 0 saturated heterocycles. The van der Waals surface area contributed by atoms with Gasteiger partial charge in [-0.2, -0.15) is 4.72 Å². The molecule has 1 amide bonds. The van der Waals surface area contributed by atoms with E-state index in [2.05, 4.69) is 15.0 Å². The number of benzene rings is 2. The number of aromatic nitrogens is 1. The molecule has 0 unspecified atom stereocenters. The number of carbonyl (C=O) groups is 2. The molecule has 0 radical (unpaired) electrons. The number of sulfonamides is 1. The van der Waals surface area contributed by atoms with Crippen LogP contribution in [0.25, 0.3) is 0 Å². The molecule has 11 heteroatoms. The van der Waals surface area contributed by atoms with Crippen molar-refractivity contribution in [2.24, 2.45) is 0 Å². The van der Waals surface area contributed by atoms with Crippen molar-refractivity contribution in [1.82, 2.24) is 9.71 Å². The topological polar surface area (TPSA) is 135 Å². The number of anilines is 1. The number of rotatable bonds is 9. The van der Waals surface area contributed by atoms with Crippen LogP contribution in [0.3, 0.4) is 0 Å². The molecule has 0 bridgehead atoms. The van der Waals surface area contributed by atoms with E-state index in [0.717, 1.165) is 0 Å². The average Bonchev–Trinajstić information content (AvgIpc) is 2.77. The first-order chi connectivity index (χ1) is 15.2. The number of nitrogens with one attached hydrogen (secondary N) is 2. The third-order valence-electron chi connectivity index (χ3n) is 4.17. The Morgan fingerprint density at radius 1 is 1.09 bits per heavy atom. The summed E-state index contributed by atoms with van der Waals surface area (Å²) in [7, 11) is -4.10. The van der Waals surface area contributed by atoms with Gasteiger partial charge in [-0.05, 0) is 54.6 Å². The fourth-order valence-electron chi connectivity index (χ4n) is 2.60. The molecule has 1 heterocycles. The number of halogens is 1. The van der Waals surface area contributed by atoms with E-state index in [9.17, 15) is 18.0 Å². The third-order valence-corrected chi connectivity index (χ3v) is 5.91. The number of ether oxygens (including phenoxy) is 1. The standard InChI is InChI=1S/C21H18ClN3O6S/c22-15-6-8-18(9-7-15)32(29,30)25-19(13-31-17-5-2-10-23-12-17)20(26)24-16-4-1-3-14(11-16)21(27)28/h1-12,19,25H,13H2,(H,24,26)(H,27,28)/t19-/m0/s1. The minimum absolute atomic E-state index is 0.0345. The van der Waals surface area contributed by atoms with Gasteiger partial charge in [-0.25, -0.2) is 13.2 Å². The second-order valence-corrected chi connectivity index (χ2v) is 8.65. The molecule has 1 atom stereocenters. The van der Waals surface area contributed by atoms with Crippen LogP contribution in [-0.2, 0) is 14.8 Å². The predicted octanol–water partition coefficient (Wildman–Crippen LogP) is 2.80. The molecule has 3 aromatic rings. The van der Waals surface area contributed by atoms with E-state index in [1.165, 1.54) is 60.9 Å². The Kier molecular flexibility index (Phi) is 7.41. The zero-order valence-corrected chi connectivity index (χ0v) is 18.0. The monoisotopic (exact) mass is 475 g/mol. The van der Waals surface area contributed by atoms with E-state index in [4.69, 9.17) is 21.4 Å². The van der Waals surface area contributed by atoms with E-state index in [1.54, 1.807) is 12.1 Å². The van der Waals surface area contributed by atoms with Gasteiger partial charge in [0.1, 0.15) is 18.4 Å². The van der Waals surface area contributed by atoms with Gasteiger partial charge in [0, 0.05) is 16.9 Å². The number of carboxylic acids is 1. The molecule has 166 valence electrons. The van der Waals surface area contributed by atoms with Gasteiger partial charge in [0.15, 0.2) is 0 Å². The van der Waals surface area contributed by atoms with Gasteiger partial charge >= 0.3 is 5.97 Å². The molecule has 1 aromatic heterocycles. The summed E-state index contributed by atoms with van der Waals surface area (Å²) in [6.07, 6.45) is 2.95. The Bertz CT molecular complexity index is 1200. The number of pyridine rings is 1. The molecule has 3 N–H and O–H groups in total. The number of nitrogens with zero attached hydrogens (tertiary/aromatic N) is 1. The summed E-state index contributed by atoms with van der Waals surface area (Å²) in [4.78, 5) is 27.8. The lowest BCUT2D eigenvalue weighted by Gasteiger charge is -2.19. The molecule has 0 aliphatic heterocycles.